The van der Waals surface area contributed by atoms with Crippen molar-refractivity contribution >= 4 is 34.2 Å². The summed E-state index contributed by atoms with van der Waals surface area (Å²) in [5.41, 5.74) is 8.13. The van der Waals surface area contributed by atoms with Crippen LogP contribution in [0, 0.1) is 11.8 Å². The molecule has 1 unspecified atom stereocenters. The predicted molar refractivity (Wildman–Crippen MR) is 145 cm³/mol. The molecular weight excluding hydrogens is 464 g/mol. The molecule has 5 rings (SSSR count). The Hall–Kier alpha value is -3.71. The van der Waals surface area contributed by atoms with Crippen LogP contribution in [0.2, 0.25) is 0 Å². The Morgan fingerprint density at radius 2 is 1.57 bits per heavy atom. The van der Waals surface area contributed by atoms with Crippen LogP contribution in [0.4, 0.5) is 5.69 Å². The van der Waals surface area contributed by atoms with Crippen LogP contribution in [-0.4, -0.2) is 53.7 Å². The number of fused-ring (bicyclic) bond motifs is 1. The van der Waals surface area contributed by atoms with E-state index in [4.69, 9.17) is 5.73 Å². The van der Waals surface area contributed by atoms with Crippen LogP contribution in [-0.2, 0) is 16.1 Å². The number of hydrogen-bond acceptors (Lipinski definition) is 4. The van der Waals surface area contributed by atoms with Gasteiger partial charge in [-0.1, -0.05) is 48.5 Å². The molecular formula is C30H34N4O3. The van der Waals surface area contributed by atoms with E-state index >= 15 is 0 Å². The standard InChI is InChI=1S/C30H34N4O3/c31-28(35)24-7-4-16-33(20-24)19-21-10-12-25(13-11-21)32-29(36)23-14-17-34(18-15-23)30(37)27-9-3-6-22-5-1-2-8-26(22)27/h1-3,5-6,8-13,23-24H,4,7,14-20H2,(H2,31,35)(H,32,36). The van der Waals surface area contributed by atoms with E-state index in [-0.39, 0.29) is 29.6 Å². The second-order valence-electron chi connectivity index (χ2n) is 10.3. The third-order valence-electron chi connectivity index (χ3n) is 7.71. The van der Waals surface area contributed by atoms with Crippen molar-refractivity contribution < 1.29 is 14.4 Å². The monoisotopic (exact) mass is 498 g/mol. The minimum Gasteiger partial charge on any atom is -0.369 e. The van der Waals surface area contributed by atoms with Crippen LogP contribution >= 0.6 is 0 Å². The van der Waals surface area contributed by atoms with Gasteiger partial charge < -0.3 is 16.0 Å². The summed E-state index contributed by atoms with van der Waals surface area (Å²) in [6, 6.07) is 21.7. The van der Waals surface area contributed by atoms with Gasteiger partial charge in [0.05, 0.1) is 5.92 Å². The van der Waals surface area contributed by atoms with Gasteiger partial charge in [-0.15, -0.1) is 0 Å². The minimum absolute atomic E-state index is 0.00494. The molecule has 2 saturated heterocycles. The van der Waals surface area contributed by atoms with Crippen LogP contribution in [0.15, 0.2) is 66.7 Å². The molecule has 0 spiro atoms. The van der Waals surface area contributed by atoms with Gasteiger partial charge in [-0.2, -0.15) is 0 Å². The van der Waals surface area contributed by atoms with Crippen LogP contribution < -0.4 is 11.1 Å². The summed E-state index contributed by atoms with van der Waals surface area (Å²) < 4.78 is 0. The average Bonchev–Trinajstić information content (AvgIpc) is 2.93. The van der Waals surface area contributed by atoms with Crippen molar-refractivity contribution in [2.24, 2.45) is 17.6 Å². The average molecular weight is 499 g/mol. The number of nitrogens with one attached hydrogen (secondary N) is 1. The van der Waals surface area contributed by atoms with Crippen molar-refractivity contribution in [1.29, 1.82) is 0 Å². The molecule has 37 heavy (non-hydrogen) atoms. The Kier molecular flexibility index (Phi) is 7.51. The van der Waals surface area contributed by atoms with Gasteiger partial charge >= 0.3 is 0 Å². The lowest BCUT2D eigenvalue weighted by molar-refractivity contribution is -0.123. The second kappa shape index (κ2) is 11.1. The highest BCUT2D eigenvalue weighted by Gasteiger charge is 2.28. The van der Waals surface area contributed by atoms with E-state index in [1.807, 2.05) is 71.6 Å². The normalized spacial score (nSPS) is 19.0. The summed E-state index contributed by atoms with van der Waals surface area (Å²) in [4.78, 5) is 41.8. The molecule has 192 valence electrons. The molecule has 0 saturated carbocycles. The molecule has 1 atom stereocenters. The molecule has 7 heteroatoms. The topological polar surface area (TPSA) is 95.7 Å². The molecule has 2 aliphatic rings. The summed E-state index contributed by atoms with van der Waals surface area (Å²) in [6.45, 7) is 3.57. The van der Waals surface area contributed by atoms with E-state index in [0.29, 0.717) is 32.5 Å². The molecule has 7 nitrogen and oxygen atoms in total. The third-order valence-corrected chi connectivity index (χ3v) is 7.71. The highest BCUT2D eigenvalue weighted by atomic mass is 16.2. The van der Waals surface area contributed by atoms with Crippen LogP contribution in [0.5, 0.6) is 0 Å². The molecule has 2 fully saturated rings. The maximum absolute atomic E-state index is 13.2. The van der Waals surface area contributed by atoms with Crippen LogP contribution in [0.3, 0.4) is 0 Å². The molecule has 3 aromatic rings. The fraction of sp³-hybridized carbons (Fsp3) is 0.367. The van der Waals surface area contributed by atoms with E-state index in [0.717, 1.165) is 53.5 Å². The Labute approximate surface area is 217 Å². The first-order chi connectivity index (χ1) is 18.0. The van der Waals surface area contributed by atoms with Gasteiger partial charge in [0.25, 0.3) is 5.91 Å². The number of hydrogen-bond donors (Lipinski definition) is 2. The number of benzene rings is 3. The molecule has 0 radical (unpaired) electrons. The largest absolute Gasteiger partial charge is 0.369 e. The van der Waals surface area contributed by atoms with E-state index < -0.39 is 0 Å². The molecule has 0 bridgehead atoms. The molecule has 0 aliphatic carbocycles. The van der Waals surface area contributed by atoms with E-state index in [2.05, 4.69) is 10.2 Å². The van der Waals surface area contributed by atoms with Crippen LogP contribution in [0.1, 0.15) is 41.6 Å². The van der Waals surface area contributed by atoms with Crippen molar-refractivity contribution in [2.75, 3.05) is 31.5 Å². The Morgan fingerprint density at radius 3 is 2.32 bits per heavy atom. The molecule has 3 amide bonds. The highest BCUT2D eigenvalue weighted by molar-refractivity contribution is 6.07. The quantitative estimate of drug-likeness (QED) is 0.536. The van der Waals surface area contributed by atoms with Crippen molar-refractivity contribution in [3.63, 3.8) is 0 Å². The van der Waals surface area contributed by atoms with Gasteiger partial charge in [0.2, 0.25) is 11.8 Å². The molecule has 0 aromatic heterocycles. The van der Waals surface area contributed by atoms with Gasteiger partial charge in [-0.05, 0) is 66.8 Å². The van der Waals surface area contributed by atoms with Gasteiger partial charge in [-0.3, -0.25) is 19.3 Å². The van der Waals surface area contributed by atoms with Gasteiger partial charge in [0.15, 0.2) is 0 Å². The highest BCUT2D eigenvalue weighted by Crippen LogP contribution is 2.25. The van der Waals surface area contributed by atoms with E-state index in [1.54, 1.807) is 0 Å². The smallest absolute Gasteiger partial charge is 0.254 e. The van der Waals surface area contributed by atoms with Crippen molar-refractivity contribution in [3.05, 3.63) is 77.9 Å². The van der Waals surface area contributed by atoms with Crippen molar-refractivity contribution in [3.8, 4) is 0 Å². The summed E-state index contributed by atoms with van der Waals surface area (Å²) >= 11 is 0. The number of amides is 3. The zero-order chi connectivity index (χ0) is 25.8. The van der Waals surface area contributed by atoms with Gasteiger partial charge in [0.1, 0.15) is 0 Å². The maximum Gasteiger partial charge on any atom is 0.254 e. The number of rotatable bonds is 6. The van der Waals surface area contributed by atoms with Crippen LogP contribution in [0.25, 0.3) is 10.8 Å². The Morgan fingerprint density at radius 1 is 0.838 bits per heavy atom. The molecule has 2 heterocycles. The predicted octanol–water partition coefficient (Wildman–Crippen LogP) is 4.03. The maximum atomic E-state index is 13.2. The lowest BCUT2D eigenvalue weighted by Crippen LogP contribution is -2.41. The number of carbonyl (C=O) groups excluding carboxylic acids is 3. The summed E-state index contributed by atoms with van der Waals surface area (Å²) in [7, 11) is 0. The first-order valence-corrected chi connectivity index (χ1v) is 13.2. The second-order valence-corrected chi connectivity index (χ2v) is 10.3. The zero-order valence-electron chi connectivity index (χ0n) is 21.1. The fourth-order valence-corrected chi connectivity index (χ4v) is 5.55. The van der Waals surface area contributed by atoms with Gasteiger partial charge in [-0.25, -0.2) is 0 Å². The fourth-order valence-electron chi connectivity index (χ4n) is 5.55. The molecule has 2 aliphatic heterocycles. The Balaban J connectivity index is 1.12. The number of carbonyl (C=O) groups is 3. The summed E-state index contributed by atoms with van der Waals surface area (Å²) in [5.74, 6) is -0.365. The van der Waals surface area contributed by atoms with E-state index in [1.165, 1.54) is 0 Å². The number of likely N-dealkylation sites (tertiary alicyclic amines) is 2. The number of primary amides is 1. The van der Waals surface area contributed by atoms with Crippen molar-refractivity contribution in [2.45, 2.75) is 32.2 Å². The van der Waals surface area contributed by atoms with Crippen molar-refractivity contribution in [1.82, 2.24) is 9.80 Å². The summed E-state index contributed by atoms with van der Waals surface area (Å²) in [5, 5.41) is 5.07. The number of nitrogens with zero attached hydrogens (tertiary/aromatic N) is 2. The number of nitrogens with two attached hydrogens (primary N) is 1. The lowest BCUT2D eigenvalue weighted by atomic mass is 9.94. The van der Waals surface area contributed by atoms with Gasteiger partial charge in [0, 0.05) is 43.3 Å². The number of piperidine rings is 2. The number of anilines is 1. The molecule has 3 N–H and O–H groups in total. The van der Waals surface area contributed by atoms with E-state index in [9.17, 15) is 14.4 Å². The Bertz CT molecular complexity index is 1280. The SMILES string of the molecule is NC(=O)C1CCCN(Cc2ccc(NC(=O)C3CCN(C(=O)c4cccc5ccccc45)CC3)cc2)C1. The zero-order valence-corrected chi connectivity index (χ0v) is 21.1. The minimum atomic E-state index is -0.216. The lowest BCUT2D eigenvalue weighted by Gasteiger charge is -2.32. The first-order valence-electron chi connectivity index (χ1n) is 13.2. The summed E-state index contributed by atoms with van der Waals surface area (Å²) in [6.07, 6.45) is 3.15. The molecule has 3 aromatic carbocycles. The first kappa shape index (κ1) is 25.0. The third kappa shape index (κ3) is 5.83.